The highest BCUT2D eigenvalue weighted by Crippen LogP contribution is 2.56. The van der Waals surface area contributed by atoms with Crippen LogP contribution < -0.4 is 5.32 Å². The summed E-state index contributed by atoms with van der Waals surface area (Å²) in [6.45, 7) is 2.97. The Hall–Kier alpha value is -2.73. The van der Waals surface area contributed by atoms with E-state index in [1.54, 1.807) is 24.3 Å². The first-order valence-electron chi connectivity index (χ1n) is 8.63. The molecule has 7 nitrogen and oxygen atoms in total. The molecule has 0 aliphatic rings. The molecule has 146 valence electrons. The summed E-state index contributed by atoms with van der Waals surface area (Å²) in [5.41, 5.74) is 2.53. The average molecular weight is 400 g/mol. The zero-order chi connectivity index (χ0) is 20.4. The number of carbonyl (C=O) groups excluding carboxylic acids is 1. The van der Waals surface area contributed by atoms with Crippen LogP contribution in [0.2, 0.25) is 0 Å². The number of hydrogen-bond acceptors (Lipinski definition) is 4. The molecule has 1 heterocycles. The molecular formula is C20H21N2O5P. The van der Waals surface area contributed by atoms with E-state index in [4.69, 9.17) is 4.52 Å². The third kappa shape index (κ3) is 4.22. The van der Waals surface area contributed by atoms with Crippen LogP contribution in [0.1, 0.15) is 25.0 Å². The summed E-state index contributed by atoms with van der Waals surface area (Å²) in [6.07, 6.45) is 1.61. The maximum atomic E-state index is 12.4. The predicted molar refractivity (Wildman–Crippen MR) is 106 cm³/mol. The Balaban J connectivity index is 1.70. The molecule has 0 saturated carbocycles. The molecule has 0 bridgehead atoms. The highest BCUT2D eigenvalue weighted by Gasteiger charge is 2.39. The minimum absolute atomic E-state index is 0.0868. The van der Waals surface area contributed by atoms with Gasteiger partial charge in [-0.05, 0) is 31.5 Å². The Morgan fingerprint density at radius 1 is 1.11 bits per heavy atom. The van der Waals surface area contributed by atoms with Crippen molar-refractivity contribution in [3.8, 4) is 11.3 Å². The lowest BCUT2D eigenvalue weighted by Gasteiger charge is -2.26. The third-order valence-electron chi connectivity index (χ3n) is 4.63. The number of carbonyl (C=O) groups is 1. The topological polar surface area (TPSA) is 113 Å². The van der Waals surface area contributed by atoms with Gasteiger partial charge in [-0.2, -0.15) is 0 Å². The first-order chi connectivity index (χ1) is 13.2. The van der Waals surface area contributed by atoms with Crippen LogP contribution in [0.4, 0.5) is 5.69 Å². The summed E-state index contributed by atoms with van der Waals surface area (Å²) >= 11 is 0. The number of anilines is 1. The van der Waals surface area contributed by atoms with Gasteiger partial charge in [0.2, 0.25) is 5.91 Å². The zero-order valence-electron chi connectivity index (χ0n) is 15.5. The fraction of sp³-hybridized carbons (Fsp3) is 0.200. The van der Waals surface area contributed by atoms with Gasteiger partial charge in [-0.15, -0.1) is 0 Å². The van der Waals surface area contributed by atoms with Gasteiger partial charge in [-0.3, -0.25) is 9.36 Å². The van der Waals surface area contributed by atoms with Crippen molar-refractivity contribution in [2.45, 2.75) is 25.4 Å². The van der Waals surface area contributed by atoms with Crippen LogP contribution in [0.5, 0.6) is 0 Å². The Kier molecular flexibility index (Phi) is 5.52. The maximum absolute atomic E-state index is 12.4. The van der Waals surface area contributed by atoms with E-state index >= 15 is 0 Å². The lowest BCUT2D eigenvalue weighted by atomic mass is 10.0. The minimum atomic E-state index is -4.31. The van der Waals surface area contributed by atoms with Crippen molar-refractivity contribution in [1.29, 1.82) is 0 Å². The van der Waals surface area contributed by atoms with Gasteiger partial charge in [0, 0.05) is 16.8 Å². The van der Waals surface area contributed by atoms with Crippen molar-refractivity contribution >= 4 is 19.2 Å². The Morgan fingerprint density at radius 2 is 1.75 bits per heavy atom. The molecule has 1 amide bonds. The van der Waals surface area contributed by atoms with Crippen LogP contribution in [0.25, 0.3) is 11.3 Å². The average Bonchev–Trinajstić information content (AvgIpc) is 3.10. The van der Waals surface area contributed by atoms with Crippen LogP contribution in [0.15, 0.2) is 65.3 Å². The molecule has 0 radical (unpaired) electrons. The van der Waals surface area contributed by atoms with E-state index in [9.17, 15) is 19.1 Å². The summed E-state index contributed by atoms with van der Waals surface area (Å²) in [5, 5.41) is 5.26. The monoisotopic (exact) mass is 400 g/mol. The second kappa shape index (κ2) is 7.72. The van der Waals surface area contributed by atoms with Gasteiger partial charge in [-0.25, -0.2) is 0 Å². The van der Waals surface area contributed by atoms with Crippen LogP contribution in [-0.2, 0) is 20.9 Å². The highest BCUT2D eigenvalue weighted by molar-refractivity contribution is 7.53. The lowest BCUT2D eigenvalue weighted by Crippen LogP contribution is -2.18. The second-order valence-corrected chi connectivity index (χ2v) is 9.16. The van der Waals surface area contributed by atoms with Gasteiger partial charge < -0.3 is 19.6 Å². The van der Waals surface area contributed by atoms with Crippen molar-refractivity contribution in [3.05, 3.63) is 71.9 Å². The van der Waals surface area contributed by atoms with Crippen LogP contribution in [0, 0.1) is 0 Å². The SMILES string of the molecule is CC(C)(c1ccc(NC(=O)Cc2cnoc2-c2ccccc2)cc1)P(=O)(O)O. The summed E-state index contributed by atoms with van der Waals surface area (Å²) in [6, 6.07) is 15.8. The number of hydrogen-bond donors (Lipinski definition) is 3. The minimum Gasteiger partial charge on any atom is -0.356 e. The number of rotatable bonds is 6. The van der Waals surface area contributed by atoms with Crippen molar-refractivity contribution in [2.24, 2.45) is 0 Å². The van der Waals surface area contributed by atoms with Crippen molar-refractivity contribution < 1.29 is 23.7 Å². The molecule has 0 aliphatic heterocycles. The molecule has 0 fully saturated rings. The quantitative estimate of drug-likeness (QED) is 0.541. The summed E-state index contributed by atoms with van der Waals surface area (Å²) in [4.78, 5) is 31.4. The predicted octanol–water partition coefficient (Wildman–Crippen LogP) is 3.94. The van der Waals surface area contributed by atoms with Crippen molar-refractivity contribution in [2.75, 3.05) is 5.32 Å². The van der Waals surface area contributed by atoms with E-state index in [0.717, 1.165) is 5.56 Å². The van der Waals surface area contributed by atoms with Gasteiger partial charge in [-0.1, -0.05) is 47.6 Å². The smallest absolute Gasteiger partial charge is 0.335 e. The first kappa shape index (κ1) is 20.0. The zero-order valence-corrected chi connectivity index (χ0v) is 16.4. The number of nitrogens with zero attached hydrogens (tertiary/aromatic N) is 1. The molecular weight excluding hydrogens is 379 g/mol. The molecule has 8 heteroatoms. The number of benzene rings is 2. The lowest BCUT2D eigenvalue weighted by molar-refractivity contribution is -0.115. The molecule has 0 aliphatic carbocycles. The van der Waals surface area contributed by atoms with E-state index < -0.39 is 12.8 Å². The molecule has 0 atom stereocenters. The summed E-state index contributed by atoms with van der Waals surface area (Å²) in [5.74, 6) is 0.303. The fourth-order valence-corrected chi connectivity index (χ4v) is 3.21. The third-order valence-corrected chi connectivity index (χ3v) is 6.35. The molecule has 2 aromatic carbocycles. The normalized spacial score (nSPS) is 12.0. The molecule has 3 aromatic rings. The van der Waals surface area contributed by atoms with E-state index in [2.05, 4.69) is 10.5 Å². The van der Waals surface area contributed by atoms with Gasteiger partial charge in [0.05, 0.1) is 17.8 Å². The van der Waals surface area contributed by atoms with Crippen LogP contribution in [-0.4, -0.2) is 20.9 Å². The molecule has 0 unspecified atom stereocenters. The van der Waals surface area contributed by atoms with Gasteiger partial charge >= 0.3 is 7.60 Å². The second-order valence-electron chi connectivity index (χ2n) is 6.95. The Labute approximate surface area is 162 Å². The number of amides is 1. The van der Waals surface area contributed by atoms with Crippen LogP contribution >= 0.6 is 7.60 Å². The van der Waals surface area contributed by atoms with E-state index in [0.29, 0.717) is 22.6 Å². The summed E-state index contributed by atoms with van der Waals surface area (Å²) in [7, 11) is -4.31. The fourth-order valence-electron chi connectivity index (χ4n) is 2.72. The van der Waals surface area contributed by atoms with E-state index in [1.807, 2.05) is 30.3 Å². The molecule has 28 heavy (non-hydrogen) atoms. The highest BCUT2D eigenvalue weighted by atomic mass is 31.2. The molecule has 3 N–H and O–H groups in total. The van der Waals surface area contributed by atoms with Gasteiger partial charge in [0.25, 0.3) is 0 Å². The number of aromatic nitrogens is 1. The Bertz CT molecular complexity index is 1010. The van der Waals surface area contributed by atoms with Gasteiger partial charge in [0.1, 0.15) is 0 Å². The van der Waals surface area contributed by atoms with Crippen molar-refractivity contribution in [3.63, 3.8) is 0 Å². The molecule has 3 rings (SSSR count). The first-order valence-corrected chi connectivity index (χ1v) is 10.2. The largest absolute Gasteiger partial charge is 0.356 e. The molecule has 0 saturated heterocycles. The Morgan fingerprint density at radius 3 is 2.36 bits per heavy atom. The molecule has 0 spiro atoms. The summed E-state index contributed by atoms with van der Waals surface area (Å²) < 4.78 is 16.9. The van der Waals surface area contributed by atoms with Gasteiger partial charge in [0.15, 0.2) is 5.76 Å². The number of nitrogens with one attached hydrogen (secondary N) is 1. The van der Waals surface area contributed by atoms with E-state index in [-0.39, 0.29) is 12.3 Å². The standard InChI is InChI=1S/C20H21N2O5P/c1-20(2,28(24,25)26)16-8-10-17(11-9-16)22-18(23)12-15-13-21-27-19(15)14-6-4-3-5-7-14/h3-11,13H,12H2,1-2H3,(H,22,23)(H2,24,25,26). The van der Waals surface area contributed by atoms with Crippen molar-refractivity contribution in [1.82, 2.24) is 5.16 Å². The maximum Gasteiger partial charge on any atom is 0.335 e. The molecule has 1 aromatic heterocycles. The van der Waals surface area contributed by atoms with E-state index in [1.165, 1.54) is 20.0 Å². The van der Waals surface area contributed by atoms with Crippen LogP contribution in [0.3, 0.4) is 0 Å².